The second-order valence-corrected chi connectivity index (χ2v) is 8.63. The third-order valence-electron chi connectivity index (χ3n) is 6.34. The quantitative estimate of drug-likeness (QED) is 0.649. The molecule has 0 saturated carbocycles. The highest BCUT2D eigenvalue weighted by Gasteiger charge is 2.34. The molecule has 2 aliphatic rings. The Morgan fingerprint density at radius 2 is 1.94 bits per heavy atom. The van der Waals surface area contributed by atoms with Gasteiger partial charge in [-0.1, -0.05) is 18.2 Å². The number of halogens is 3. The normalized spacial score (nSPS) is 18.6. The van der Waals surface area contributed by atoms with Crippen LogP contribution < -0.4 is 5.32 Å². The van der Waals surface area contributed by atoms with Gasteiger partial charge in [-0.2, -0.15) is 13.2 Å². The lowest BCUT2D eigenvalue weighted by atomic mass is 10.0. The van der Waals surface area contributed by atoms with Gasteiger partial charge in [-0.05, 0) is 35.7 Å². The van der Waals surface area contributed by atoms with Crippen LogP contribution >= 0.6 is 0 Å². The molecule has 4 heterocycles. The van der Waals surface area contributed by atoms with Gasteiger partial charge in [0.2, 0.25) is 0 Å². The summed E-state index contributed by atoms with van der Waals surface area (Å²) in [7, 11) is 0. The molecule has 1 atom stereocenters. The number of nitrogens with one attached hydrogen (secondary N) is 1. The summed E-state index contributed by atoms with van der Waals surface area (Å²) >= 11 is 0. The topological polar surface area (TPSA) is 61.4 Å². The minimum atomic E-state index is -4.44. The van der Waals surface area contributed by atoms with Crippen LogP contribution in [0, 0.1) is 0 Å². The van der Waals surface area contributed by atoms with Gasteiger partial charge in [-0.15, -0.1) is 0 Å². The molecule has 1 fully saturated rings. The lowest BCUT2D eigenvalue weighted by molar-refractivity contribution is -0.137. The number of rotatable bonds is 3. The molecule has 9 heteroatoms. The van der Waals surface area contributed by atoms with Crippen LogP contribution in [0.5, 0.6) is 0 Å². The molecule has 1 unspecified atom stereocenters. The van der Waals surface area contributed by atoms with E-state index in [0.717, 1.165) is 35.2 Å². The van der Waals surface area contributed by atoms with Crippen LogP contribution in [0.2, 0.25) is 0 Å². The Labute approximate surface area is 189 Å². The van der Waals surface area contributed by atoms with Gasteiger partial charge in [0, 0.05) is 68.7 Å². The minimum absolute atomic E-state index is 0.130. The minimum Gasteiger partial charge on any atom is -0.323 e. The van der Waals surface area contributed by atoms with Crippen molar-refractivity contribution in [3.8, 4) is 0 Å². The number of hydrogen-bond donors (Lipinski definition) is 1. The summed E-state index contributed by atoms with van der Waals surface area (Å²) in [4.78, 5) is 24.9. The van der Waals surface area contributed by atoms with E-state index in [2.05, 4.69) is 21.4 Å². The van der Waals surface area contributed by atoms with Gasteiger partial charge in [0.05, 0.1) is 11.1 Å². The van der Waals surface area contributed by atoms with Gasteiger partial charge in [0.1, 0.15) is 0 Å². The second-order valence-electron chi connectivity index (χ2n) is 8.63. The van der Waals surface area contributed by atoms with E-state index >= 15 is 0 Å². The third-order valence-corrected chi connectivity index (χ3v) is 6.34. The number of amides is 2. The zero-order chi connectivity index (χ0) is 23.0. The van der Waals surface area contributed by atoms with E-state index < -0.39 is 11.7 Å². The fourth-order valence-electron chi connectivity index (χ4n) is 4.52. The van der Waals surface area contributed by atoms with Crippen molar-refractivity contribution >= 4 is 16.9 Å². The largest absolute Gasteiger partial charge is 0.417 e. The maximum Gasteiger partial charge on any atom is 0.417 e. The average molecular weight is 455 g/mol. The van der Waals surface area contributed by atoms with Gasteiger partial charge >= 0.3 is 12.2 Å². The maximum absolute atomic E-state index is 13.0. The standard InChI is InChI=1S/C24H24F3N5O/c25-24(26,27)19-10-18-14-31(8-6-22(18)30-13-19)23(33)32-7-5-20(15-32)28-11-16-9-17-3-1-2-4-21(17)29-12-16/h1-4,9-10,12-13,20,28H,5-8,11,14-15H2. The lowest BCUT2D eigenvalue weighted by Gasteiger charge is -2.32. The van der Waals surface area contributed by atoms with Gasteiger partial charge in [-0.25, -0.2) is 4.79 Å². The summed E-state index contributed by atoms with van der Waals surface area (Å²) in [6, 6.07) is 11.2. The number of carbonyl (C=O) groups is 1. The molecule has 0 bridgehead atoms. The predicted octanol–water partition coefficient (Wildman–Crippen LogP) is 3.99. The average Bonchev–Trinajstić information content (AvgIpc) is 3.30. The Morgan fingerprint density at radius 1 is 1.09 bits per heavy atom. The van der Waals surface area contributed by atoms with Crippen LogP contribution in [0.15, 0.2) is 48.8 Å². The van der Waals surface area contributed by atoms with E-state index in [4.69, 9.17) is 0 Å². The molecule has 33 heavy (non-hydrogen) atoms. The third kappa shape index (κ3) is 4.64. The van der Waals surface area contributed by atoms with Crippen LogP contribution in [0.1, 0.15) is 28.8 Å². The van der Waals surface area contributed by atoms with E-state index in [1.807, 2.05) is 30.5 Å². The summed E-state index contributed by atoms with van der Waals surface area (Å²) in [6.45, 7) is 2.47. The zero-order valence-electron chi connectivity index (χ0n) is 18.0. The number of hydrogen-bond acceptors (Lipinski definition) is 4. The zero-order valence-corrected chi connectivity index (χ0v) is 18.0. The van der Waals surface area contributed by atoms with E-state index in [9.17, 15) is 18.0 Å². The molecule has 172 valence electrons. The number of likely N-dealkylation sites (tertiary alicyclic amines) is 1. The van der Waals surface area contributed by atoms with Crippen molar-refractivity contribution in [2.24, 2.45) is 0 Å². The van der Waals surface area contributed by atoms with Crippen molar-refractivity contribution in [3.05, 3.63) is 71.2 Å². The summed E-state index contributed by atoms with van der Waals surface area (Å²) in [5, 5.41) is 4.59. The Morgan fingerprint density at radius 3 is 2.79 bits per heavy atom. The molecular formula is C24H24F3N5O. The Bertz CT molecular complexity index is 1180. The molecule has 2 amide bonds. The van der Waals surface area contributed by atoms with Crippen LogP contribution in [-0.4, -0.2) is 51.5 Å². The molecule has 3 aromatic rings. The van der Waals surface area contributed by atoms with Crippen LogP contribution in [0.25, 0.3) is 10.9 Å². The molecule has 2 aliphatic heterocycles. The molecule has 2 aromatic heterocycles. The number of aromatic nitrogens is 2. The first-order valence-electron chi connectivity index (χ1n) is 11.0. The first-order chi connectivity index (χ1) is 15.9. The number of pyridine rings is 2. The molecule has 1 aromatic carbocycles. The van der Waals surface area contributed by atoms with E-state index in [-0.39, 0.29) is 18.6 Å². The van der Waals surface area contributed by atoms with Crippen molar-refractivity contribution < 1.29 is 18.0 Å². The molecule has 6 nitrogen and oxygen atoms in total. The SMILES string of the molecule is O=C(N1CCc2ncc(C(F)(F)F)cc2C1)N1CCC(NCc2cnc3ccccc3c2)C1. The van der Waals surface area contributed by atoms with Crippen molar-refractivity contribution in [3.63, 3.8) is 0 Å². The first kappa shape index (κ1) is 21.6. The highest BCUT2D eigenvalue weighted by molar-refractivity contribution is 5.78. The summed E-state index contributed by atoms with van der Waals surface area (Å²) < 4.78 is 39.1. The molecule has 0 aliphatic carbocycles. The van der Waals surface area contributed by atoms with Crippen molar-refractivity contribution in [2.45, 2.75) is 38.1 Å². The fourth-order valence-corrected chi connectivity index (χ4v) is 4.52. The smallest absolute Gasteiger partial charge is 0.323 e. The number of nitrogens with zero attached hydrogens (tertiary/aromatic N) is 4. The van der Waals surface area contributed by atoms with E-state index in [0.29, 0.717) is 43.9 Å². The number of para-hydroxylation sites is 1. The summed E-state index contributed by atoms with van der Waals surface area (Å²) in [5.41, 5.74) is 2.38. The highest BCUT2D eigenvalue weighted by atomic mass is 19.4. The molecule has 0 spiro atoms. The predicted molar refractivity (Wildman–Crippen MR) is 117 cm³/mol. The number of carbonyl (C=O) groups excluding carboxylic acids is 1. The van der Waals surface area contributed by atoms with E-state index in [1.54, 1.807) is 9.80 Å². The maximum atomic E-state index is 13.0. The fraction of sp³-hybridized carbons (Fsp3) is 0.375. The van der Waals surface area contributed by atoms with Crippen molar-refractivity contribution in [1.82, 2.24) is 25.1 Å². The highest BCUT2D eigenvalue weighted by Crippen LogP contribution is 2.31. The lowest BCUT2D eigenvalue weighted by Crippen LogP contribution is -2.45. The molecule has 5 rings (SSSR count). The van der Waals surface area contributed by atoms with Crippen LogP contribution in [0.4, 0.5) is 18.0 Å². The van der Waals surface area contributed by atoms with E-state index in [1.165, 1.54) is 0 Å². The number of fused-ring (bicyclic) bond motifs is 2. The number of benzene rings is 1. The Hall–Kier alpha value is -3.20. The number of alkyl halides is 3. The Balaban J connectivity index is 1.18. The monoisotopic (exact) mass is 455 g/mol. The Kier molecular flexibility index (Phi) is 5.65. The molecular weight excluding hydrogens is 431 g/mol. The molecule has 1 saturated heterocycles. The van der Waals surface area contributed by atoms with Crippen LogP contribution in [-0.2, 0) is 25.7 Å². The van der Waals surface area contributed by atoms with Crippen LogP contribution in [0.3, 0.4) is 0 Å². The molecule has 1 N–H and O–H groups in total. The summed E-state index contributed by atoms with van der Waals surface area (Å²) in [5.74, 6) is 0. The van der Waals surface area contributed by atoms with Crippen molar-refractivity contribution in [1.29, 1.82) is 0 Å². The van der Waals surface area contributed by atoms with Gasteiger partial charge in [0.25, 0.3) is 0 Å². The van der Waals surface area contributed by atoms with Gasteiger partial charge < -0.3 is 15.1 Å². The second kappa shape index (κ2) is 8.62. The summed E-state index contributed by atoms with van der Waals surface area (Å²) in [6.07, 6.45) is -0.414. The van der Waals surface area contributed by atoms with Gasteiger partial charge in [-0.3, -0.25) is 9.97 Å². The molecule has 0 radical (unpaired) electrons. The first-order valence-corrected chi connectivity index (χ1v) is 11.0. The van der Waals surface area contributed by atoms with Gasteiger partial charge in [0.15, 0.2) is 0 Å². The van der Waals surface area contributed by atoms with Crippen molar-refractivity contribution in [2.75, 3.05) is 19.6 Å². The number of urea groups is 1.